The van der Waals surface area contributed by atoms with Gasteiger partial charge in [-0.25, -0.2) is 36.1 Å². The van der Waals surface area contributed by atoms with E-state index in [0.717, 1.165) is 44.6 Å². The number of Topliss-reactive ketones (excluding diaryl/α,β-unsaturated/α-hetero) is 1. The van der Waals surface area contributed by atoms with Gasteiger partial charge >= 0.3 is 40.8 Å². The standard InChI is InChI=1S/C18H14N2O5S2.C17H14N2O4S2.C16H11ClN2O3S2.C14H10Cl2N2O3S/c1-25-12-8-6-11(7-9-12)14(21)10-20-16-13-4-2-3-5-15(13)26-17(16)18(22)19-27(20,23)24;1-23-12-8-6-11(7-9-12)10-19-15-13-4-2-3-5-14(13)24-16(15)17(20)18-25(19,21)22;17-11-7-5-10(6-8-11)9-19-14-12-3-1-2-4-13(12)23-15(14)16(20)18-24(19,21)22;15-11-6-5-9(7-12(11)16)8-18-13-4-2-1-3-10(13)14(19)17-22(18,20)21/h2-9H,10H2,1H3,(H,19,22);2-9H,10H2,1H3,(H,18,20);1-8H,9H2,(H,18,20);1-7H,8H2,(H,17,19). The van der Waals surface area contributed by atoms with Gasteiger partial charge in [0.05, 0.1) is 78.8 Å². The Morgan fingerprint density at radius 1 is 0.408 bits per heavy atom. The number of anilines is 4. The largest absolute Gasteiger partial charge is 0.497 e. The van der Waals surface area contributed by atoms with Crippen molar-refractivity contribution in [2.45, 2.75) is 19.6 Å². The van der Waals surface area contributed by atoms with Gasteiger partial charge in [-0.3, -0.25) is 24.0 Å². The SMILES string of the molecule is COc1ccc(C(=O)CN2c3c(sc4ccccc34)C(=O)NS2(=O)=O)cc1.COc1ccc(CN2c3c(sc4ccccc34)C(=O)NS2(=O)=O)cc1.O=C1NS(=O)(=O)N(Cc2ccc(Cl)c(Cl)c2)c2ccccc21.O=C1NS(=O)(=O)N(Cc2ccc(Cl)cc2)c2c1sc1ccccc21. The Morgan fingerprint density at radius 2 is 0.776 bits per heavy atom. The first-order valence-electron chi connectivity index (χ1n) is 28.8. The Kier molecular flexibility index (Phi) is 19.3. The van der Waals surface area contributed by atoms with E-state index in [1.807, 2.05) is 70.1 Å². The number of carbonyl (C=O) groups is 5. The molecule has 11 aromatic rings. The number of benzene rings is 8. The quantitative estimate of drug-likeness (QED) is 0.0875. The number of nitrogens with one attached hydrogen (secondary N) is 4. The number of thiophene rings is 3. The predicted molar refractivity (Wildman–Crippen MR) is 382 cm³/mol. The van der Waals surface area contributed by atoms with Gasteiger partial charge in [0.15, 0.2) is 5.78 Å². The summed E-state index contributed by atoms with van der Waals surface area (Å²) in [5.74, 6) is -1.59. The lowest BCUT2D eigenvalue weighted by molar-refractivity contribution is 0.0971. The lowest BCUT2D eigenvalue weighted by Crippen LogP contribution is -2.49. The summed E-state index contributed by atoms with van der Waals surface area (Å²) in [4.78, 5) is 62.3. The summed E-state index contributed by atoms with van der Waals surface area (Å²) in [6.07, 6.45) is 0. The molecule has 0 saturated heterocycles. The summed E-state index contributed by atoms with van der Waals surface area (Å²) in [7, 11) is -12.9. The normalized spacial score (nSPS) is 15.8. The predicted octanol–water partition coefficient (Wildman–Crippen LogP) is 12.0. The van der Waals surface area contributed by atoms with E-state index in [1.165, 1.54) is 49.7 Å². The molecule has 0 fully saturated rings. The molecule has 4 aliphatic rings. The van der Waals surface area contributed by atoms with Gasteiger partial charge in [0.25, 0.3) is 23.6 Å². The number of carbonyl (C=O) groups excluding carboxylic acids is 5. The number of fused-ring (bicyclic) bond motifs is 10. The monoisotopic (exact) mass is 1510 g/mol. The van der Waals surface area contributed by atoms with Gasteiger partial charge in [-0.15, -0.1) is 34.0 Å². The third kappa shape index (κ3) is 13.9. The van der Waals surface area contributed by atoms with Crippen molar-refractivity contribution in [1.82, 2.24) is 18.9 Å². The van der Waals surface area contributed by atoms with Crippen LogP contribution in [0.5, 0.6) is 11.5 Å². The van der Waals surface area contributed by atoms with Crippen molar-refractivity contribution in [2.24, 2.45) is 0 Å². The second-order valence-corrected chi connectivity index (χ2v) is 32.3. The molecular weight excluding hydrogens is 1460 g/mol. The van der Waals surface area contributed by atoms with Crippen LogP contribution in [0.15, 0.2) is 188 Å². The van der Waals surface area contributed by atoms with Crippen LogP contribution in [-0.2, 0) is 60.5 Å². The molecular formula is C65H49Cl3N8O15S7. The van der Waals surface area contributed by atoms with Gasteiger partial charge in [0, 0.05) is 40.8 Å². The van der Waals surface area contributed by atoms with Gasteiger partial charge < -0.3 is 9.47 Å². The molecule has 502 valence electrons. The van der Waals surface area contributed by atoms with Crippen molar-refractivity contribution in [2.75, 3.05) is 38.0 Å². The second-order valence-electron chi connectivity index (χ2n) is 21.5. The molecule has 23 nitrogen and oxygen atoms in total. The zero-order chi connectivity index (χ0) is 69.6. The van der Waals surface area contributed by atoms with Gasteiger partial charge in [-0.2, -0.15) is 33.7 Å². The third-order valence-electron chi connectivity index (χ3n) is 15.3. The number of hydrogen-bond donors (Lipinski definition) is 4. The number of halogens is 3. The Labute approximate surface area is 588 Å². The minimum Gasteiger partial charge on any atom is -0.497 e. The third-order valence-corrected chi connectivity index (χ3v) is 25.1. The fraction of sp³-hybridized carbons (Fsp3) is 0.0923. The first kappa shape index (κ1) is 68.6. The Balaban J connectivity index is 0.000000125. The summed E-state index contributed by atoms with van der Waals surface area (Å²) >= 11 is 21.5. The van der Waals surface area contributed by atoms with Crippen LogP contribution in [0.1, 0.15) is 66.4 Å². The van der Waals surface area contributed by atoms with Gasteiger partial charge in [0.2, 0.25) is 0 Å². The van der Waals surface area contributed by atoms with Crippen LogP contribution < -0.4 is 45.6 Å². The van der Waals surface area contributed by atoms with Crippen LogP contribution in [0, 0.1) is 0 Å². The van der Waals surface area contributed by atoms with Crippen LogP contribution in [0.25, 0.3) is 30.3 Å². The van der Waals surface area contributed by atoms with E-state index in [-0.39, 0.29) is 30.2 Å². The van der Waals surface area contributed by atoms with Crippen LogP contribution in [-0.4, -0.2) is 83.8 Å². The molecule has 4 aliphatic heterocycles. The van der Waals surface area contributed by atoms with E-state index < -0.39 is 76.8 Å². The molecule has 98 heavy (non-hydrogen) atoms. The van der Waals surface area contributed by atoms with Crippen molar-refractivity contribution in [1.29, 1.82) is 0 Å². The highest BCUT2D eigenvalue weighted by Gasteiger charge is 2.41. The van der Waals surface area contributed by atoms with E-state index in [1.54, 1.807) is 135 Å². The maximum absolute atomic E-state index is 12.7. The maximum Gasteiger partial charge on any atom is 0.326 e. The molecule has 0 saturated carbocycles. The molecule has 3 aromatic heterocycles. The van der Waals surface area contributed by atoms with Crippen LogP contribution >= 0.6 is 68.8 Å². The van der Waals surface area contributed by atoms with Crippen molar-refractivity contribution in [3.8, 4) is 11.5 Å². The average molecular weight is 1510 g/mol. The van der Waals surface area contributed by atoms with Gasteiger partial charge in [0.1, 0.15) is 26.1 Å². The molecule has 4 amide bonds. The molecule has 8 aromatic carbocycles. The molecule has 33 heteroatoms. The lowest BCUT2D eigenvalue weighted by Gasteiger charge is -2.30. The van der Waals surface area contributed by atoms with E-state index in [2.05, 4.69) is 9.44 Å². The number of hydrogen-bond acceptors (Lipinski definition) is 18. The number of amides is 4. The number of ether oxygens (including phenoxy) is 2. The number of nitrogens with zero attached hydrogens (tertiary/aromatic N) is 4. The summed E-state index contributed by atoms with van der Waals surface area (Å²) in [6, 6.07) is 53.8. The second kappa shape index (κ2) is 27.5. The number of ketones is 1. The van der Waals surface area contributed by atoms with E-state index in [0.29, 0.717) is 75.5 Å². The van der Waals surface area contributed by atoms with Crippen LogP contribution in [0.2, 0.25) is 15.1 Å². The van der Waals surface area contributed by atoms with Crippen molar-refractivity contribution in [3.63, 3.8) is 0 Å². The first-order chi connectivity index (χ1) is 46.7. The number of methoxy groups -OCH3 is 2. The molecule has 4 N–H and O–H groups in total. The number of rotatable bonds is 11. The van der Waals surface area contributed by atoms with Crippen molar-refractivity contribution >= 4 is 192 Å². The van der Waals surface area contributed by atoms with Gasteiger partial charge in [-0.1, -0.05) is 132 Å². The molecule has 7 heterocycles. The van der Waals surface area contributed by atoms with Crippen LogP contribution in [0.4, 0.5) is 22.7 Å². The molecule has 0 atom stereocenters. The van der Waals surface area contributed by atoms with E-state index in [4.69, 9.17) is 44.3 Å². The minimum absolute atomic E-state index is 0.0382. The molecule has 0 unspecified atom stereocenters. The fourth-order valence-corrected chi connectivity index (χ4v) is 19.5. The number of para-hydroxylation sites is 1. The molecule has 0 spiro atoms. The molecule has 0 aliphatic carbocycles. The zero-order valence-corrected chi connectivity index (χ0v) is 58.6. The molecule has 0 bridgehead atoms. The highest BCUT2D eigenvalue weighted by molar-refractivity contribution is 7.92. The molecule has 15 rings (SSSR count). The zero-order valence-electron chi connectivity index (χ0n) is 50.6. The first-order valence-corrected chi connectivity index (χ1v) is 38.1. The minimum atomic E-state index is -4.17. The Bertz CT molecular complexity index is 5530. The fourth-order valence-electron chi connectivity index (χ4n) is 10.7. The summed E-state index contributed by atoms with van der Waals surface area (Å²) < 4.78 is 125. The Hall–Kier alpha value is -9.34. The van der Waals surface area contributed by atoms with Crippen molar-refractivity contribution < 1.29 is 67.1 Å². The van der Waals surface area contributed by atoms with E-state index in [9.17, 15) is 57.6 Å². The highest BCUT2D eigenvalue weighted by Crippen LogP contribution is 2.45. The molecule has 0 radical (unpaired) electrons. The van der Waals surface area contributed by atoms with E-state index >= 15 is 0 Å². The topological polar surface area (TPSA) is 301 Å². The van der Waals surface area contributed by atoms with Crippen LogP contribution in [0.3, 0.4) is 0 Å². The lowest BCUT2D eigenvalue weighted by atomic mass is 10.1. The smallest absolute Gasteiger partial charge is 0.326 e. The van der Waals surface area contributed by atoms with Gasteiger partial charge in [-0.05, 0) is 108 Å². The summed E-state index contributed by atoms with van der Waals surface area (Å²) in [5, 5.41) is 3.44. The average Bonchev–Trinajstić information content (AvgIpc) is 1.56. The summed E-state index contributed by atoms with van der Waals surface area (Å²) in [6.45, 7) is -0.132. The highest BCUT2D eigenvalue weighted by atomic mass is 35.5. The summed E-state index contributed by atoms with van der Waals surface area (Å²) in [5.41, 5.74) is 4.35. The maximum atomic E-state index is 12.7. The van der Waals surface area contributed by atoms with Crippen molar-refractivity contribution in [3.05, 3.63) is 246 Å². The Morgan fingerprint density at radius 3 is 1.23 bits per heavy atom.